The molecule has 0 aliphatic carbocycles. The molecule has 1 heterocycles. The number of rotatable bonds is 4. The zero-order valence-electron chi connectivity index (χ0n) is 14.8. The third-order valence-corrected chi connectivity index (χ3v) is 5.28. The highest BCUT2D eigenvalue weighted by Crippen LogP contribution is 2.34. The number of amides is 1. The highest BCUT2D eigenvalue weighted by atomic mass is 35.5. The van der Waals surface area contributed by atoms with Crippen molar-refractivity contribution in [1.82, 2.24) is 4.90 Å². The van der Waals surface area contributed by atoms with Gasteiger partial charge in [-0.1, -0.05) is 58.0 Å². The molecule has 0 bridgehead atoms. The Kier molecular flexibility index (Phi) is 7.09. The Bertz CT molecular complexity index is 498. The van der Waals surface area contributed by atoms with E-state index < -0.39 is 0 Å². The average Bonchev–Trinajstić information content (AvgIpc) is 2.91. The smallest absolute Gasteiger partial charge is 0.222 e. The van der Waals surface area contributed by atoms with Gasteiger partial charge in [0, 0.05) is 25.4 Å². The molecular formula is C19H31ClN2O. The fraction of sp³-hybridized carbons (Fsp3) is 0.632. The molecule has 1 unspecified atom stereocenters. The molecule has 1 aromatic carbocycles. The van der Waals surface area contributed by atoms with Crippen LogP contribution in [0.3, 0.4) is 0 Å². The summed E-state index contributed by atoms with van der Waals surface area (Å²) in [6.07, 6.45) is 0.627. The van der Waals surface area contributed by atoms with Crippen molar-refractivity contribution in [2.24, 2.45) is 23.0 Å². The summed E-state index contributed by atoms with van der Waals surface area (Å²) in [6.45, 7) is 11.0. The normalized spacial score (nSPS) is 22.6. The topological polar surface area (TPSA) is 46.3 Å². The number of hydrogen-bond acceptors (Lipinski definition) is 2. The Hall–Kier alpha value is -1.06. The fourth-order valence-electron chi connectivity index (χ4n) is 3.09. The van der Waals surface area contributed by atoms with E-state index in [1.165, 1.54) is 5.56 Å². The van der Waals surface area contributed by atoms with E-state index in [1.54, 1.807) is 0 Å². The molecule has 1 saturated heterocycles. The Morgan fingerprint density at radius 2 is 1.87 bits per heavy atom. The number of nitrogens with two attached hydrogens (primary N) is 1. The van der Waals surface area contributed by atoms with Crippen LogP contribution in [0.2, 0.25) is 0 Å². The van der Waals surface area contributed by atoms with Crippen molar-refractivity contribution in [2.45, 2.75) is 40.0 Å². The molecular weight excluding hydrogens is 308 g/mol. The summed E-state index contributed by atoms with van der Waals surface area (Å²) in [5.74, 6) is 1.41. The van der Waals surface area contributed by atoms with Gasteiger partial charge in [0.2, 0.25) is 5.91 Å². The van der Waals surface area contributed by atoms with E-state index in [9.17, 15) is 4.79 Å². The van der Waals surface area contributed by atoms with Crippen LogP contribution < -0.4 is 5.73 Å². The van der Waals surface area contributed by atoms with Crippen molar-refractivity contribution in [2.75, 3.05) is 19.6 Å². The van der Waals surface area contributed by atoms with Gasteiger partial charge in [0.1, 0.15) is 0 Å². The van der Waals surface area contributed by atoms with E-state index in [2.05, 4.69) is 52.0 Å². The first kappa shape index (κ1) is 20.0. The molecule has 130 valence electrons. The Morgan fingerprint density at radius 1 is 1.26 bits per heavy atom. The molecule has 1 amide bonds. The highest BCUT2D eigenvalue weighted by Gasteiger charge is 2.36. The molecule has 1 aromatic rings. The average molecular weight is 339 g/mol. The van der Waals surface area contributed by atoms with Crippen LogP contribution in [0.1, 0.15) is 45.6 Å². The first-order valence-corrected chi connectivity index (χ1v) is 8.35. The number of carbonyl (C=O) groups excluding carboxylic acids is 1. The first-order chi connectivity index (χ1) is 10.3. The van der Waals surface area contributed by atoms with Crippen molar-refractivity contribution in [1.29, 1.82) is 0 Å². The number of nitrogens with zero attached hydrogens (tertiary/aromatic N) is 1. The van der Waals surface area contributed by atoms with E-state index in [4.69, 9.17) is 5.73 Å². The summed E-state index contributed by atoms with van der Waals surface area (Å²) in [4.78, 5) is 14.7. The summed E-state index contributed by atoms with van der Waals surface area (Å²) in [7, 11) is 0. The second-order valence-electron chi connectivity index (χ2n) is 7.78. The van der Waals surface area contributed by atoms with Crippen LogP contribution in [0, 0.1) is 17.3 Å². The summed E-state index contributed by atoms with van der Waals surface area (Å²) in [5, 5.41) is 0. The molecule has 3 atom stereocenters. The maximum Gasteiger partial charge on any atom is 0.222 e. The summed E-state index contributed by atoms with van der Waals surface area (Å²) < 4.78 is 0. The molecule has 1 aliphatic heterocycles. The standard InChI is InChI=1S/C19H30N2O.ClH/c1-14(19(2,3)4)10-18(22)21-12-16(11-20)17(13-21)15-8-6-5-7-9-15;/h5-9,14,16-17H,10-13,20H2,1-4H3;1H/t14?,16-,17+;/m1./s1. The van der Waals surface area contributed by atoms with Gasteiger partial charge in [0.25, 0.3) is 0 Å². The van der Waals surface area contributed by atoms with Crippen LogP contribution in [0.4, 0.5) is 0 Å². The number of halogens is 1. The third kappa shape index (κ3) is 4.95. The van der Waals surface area contributed by atoms with E-state index in [0.717, 1.165) is 13.1 Å². The largest absolute Gasteiger partial charge is 0.342 e. The lowest BCUT2D eigenvalue weighted by molar-refractivity contribution is -0.132. The Balaban J connectivity index is 0.00000264. The number of likely N-dealkylation sites (tertiary alicyclic amines) is 1. The Labute approximate surface area is 147 Å². The molecule has 1 fully saturated rings. The van der Waals surface area contributed by atoms with Gasteiger partial charge < -0.3 is 10.6 Å². The van der Waals surface area contributed by atoms with Gasteiger partial charge in [-0.25, -0.2) is 0 Å². The van der Waals surface area contributed by atoms with Gasteiger partial charge in [-0.2, -0.15) is 0 Å². The zero-order chi connectivity index (χ0) is 16.3. The molecule has 1 aliphatic rings. The highest BCUT2D eigenvalue weighted by molar-refractivity contribution is 5.85. The summed E-state index contributed by atoms with van der Waals surface area (Å²) in [6, 6.07) is 10.5. The van der Waals surface area contributed by atoms with Crippen LogP contribution in [-0.4, -0.2) is 30.4 Å². The van der Waals surface area contributed by atoms with Crippen LogP contribution in [0.15, 0.2) is 30.3 Å². The Morgan fingerprint density at radius 3 is 2.39 bits per heavy atom. The van der Waals surface area contributed by atoms with Gasteiger partial charge >= 0.3 is 0 Å². The maximum atomic E-state index is 12.6. The fourth-order valence-corrected chi connectivity index (χ4v) is 3.09. The third-order valence-electron chi connectivity index (χ3n) is 5.28. The molecule has 23 heavy (non-hydrogen) atoms. The zero-order valence-corrected chi connectivity index (χ0v) is 15.6. The number of carbonyl (C=O) groups is 1. The predicted octanol–water partition coefficient (Wildman–Crippen LogP) is 3.68. The van der Waals surface area contributed by atoms with E-state index >= 15 is 0 Å². The van der Waals surface area contributed by atoms with Crippen LogP contribution in [0.25, 0.3) is 0 Å². The van der Waals surface area contributed by atoms with Gasteiger partial charge in [0.15, 0.2) is 0 Å². The van der Waals surface area contributed by atoms with Crippen molar-refractivity contribution in [3.8, 4) is 0 Å². The van der Waals surface area contributed by atoms with Gasteiger partial charge in [-0.15, -0.1) is 12.4 Å². The molecule has 2 N–H and O–H groups in total. The van der Waals surface area contributed by atoms with Gasteiger partial charge in [-0.05, 0) is 29.4 Å². The second-order valence-corrected chi connectivity index (χ2v) is 7.78. The molecule has 0 aromatic heterocycles. The second kappa shape index (κ2) is 8.16. The minimum Gasteiger partial charge on any atom is -0.342 e. The summed E-state index contributed by atoms with van der Waals surface area (Å²) in [5.41, 5.74) is 7.43. The van der Waals surface area contributed by atoms with Crippen LogP contribution >= 0.6 is 12.4 Å². The van der Waals surface area contributed by atoms with E-state index in [1.807, 2.05) is 11.0 Å². The van der Waals surface area contributed by atoms with Gasteiger partial charge in [0.05, 0.1) is 0 Å². The molecule has 4 heteroatoms. The lowest BCUT2D eigenvalue weighted by atomic mass is 9.80. The molecule has 0 radical (unpaired) electrons. The predicted molar refractivity (Wildman–Crippen MR) is 98.8 cm³/mol. The van der Waals surface area contributed by atoms with Crippen molar-refractivity contribution < 1.29 is 4.79 Å². The van der Waals surface area contributed by atoms with Crippen molar-refractivity contribution >= 4 is 18.3 Å². The molecule has 2 rings (SSSR count). The SMILES string of the molecule is CC(CC(=O)N1C[C@@H](CN)[C@H](c2ccccc2)C1)C(C)(C)C.Cl. The van der Waals surface area contributed by atoms with E-state index in [-0.39, 0.29) is 23.7 Å². The van der Waals surface area contributed by atoms with Crippen LogP contribution in [-0.2, 0) is 4.79 Å². The molecule has 3 nitrogen and oxygen atoms in total. The molecule has 0 saturated carbocycles. The van der Waals surface area contributed by atoms with Crippen molar-refractivity contribution in [3.63, 3.8) is 0 Å². The quantitative estimate of drug-likeness (QED) is 0.910. The maximum absolute atomic E-state index is 12.6. The number of hydrogen-bond donors (Lipinski definition) is 1. The monoisotopic (exact) mass is 338 g/mol. The minimum atomic E-state index is 0. The summed E-state index contributed by atoms with van der Waals surface area (Å²) >= 11 is 0. The lowest BCUT2D eigenvalue weighted by Crippen LogP contribution is -2.33. The van der Waals surface area contributed by atoms with Crippen molar-refractivity contribution in [3.05, 3.63) is 35.9 Å². The molecule has 0 spiro atoms. The van der Waals surface area contributed by atoms with Gasteiger partial charge in [-0.3, -0.25) is 4.79 Å². The first-order valence-electron chi connectivity index (χ1n) is 8.35. The van der Waals surface area contributed by atoms with E-state index in [0.29, 0.717) is 30.7 Å². The van der Waals surface area contributed by atoms with Crippen LogP contribution in [0.5, 0.6) is 0 Å². The minimum absolute atomic E-state index is 0. The lowest BCUT2D eigenvalue weighted by Gasteiger charge is -2.28. The number of benzene rings is 1.